The molecule has 28 heavy (non-hydrogen) atoms. The summed E-state index contributed by atoms with van der Waals surface area (Å²) < 4.78 is 2.23. The maximum atomic E-state index is 12.7. The molecule has 0 aliphatic rings. The lowest BCUT2D eigenvalue weighted by molar-refractivity contribution is -0.115. The van der Waals surface area contributed by atoms with Gasteiger partial charge in [0, 0.05) is 29.3 Å². The number of nitrogens with zero attached hydrogens (tertiary/aromatic N) is 1. The predicted octanol–water partition coefficient (Wildman–Crippen LogP) is 5.49. The van der Waals surface area contributed by atoms with E-state index in [1.165, 1.54) is 5.56 Å². The summed E-state index contributed by atoms with van der Waals surface area (Å²) in [5.74, 6) is 0.00705. The zero-order valence-corrected chi connectivity index (χ0v) is 16.3. The summed E-state index contributed by atoms with van der Waals surface area (Å²) in [6.45, 7) is 4.87. The maximum Gasteiger partial charge on any atom is 0.228 e. The van der Waals surface area contributed by atoms with E-state index in [4.69, 9.17) is 0 Å². The number of aromatic nitrogens is 1. The van der Waals surface area contributed by atoms with Crippen LogP contribution in [0.15, 0.2) is 79.0 Å². The standard InChI is InChI=1S/C25H24N2O/c1-18-12-19(2)14-22(13-18)26-25(28)15-21-17-27(16-20-8-4-3-5-9-20)24-11-7-6-10-23(21)24/h3-14,17H,15-16H2,1-2H3,(H,26,28). The van der Waals surface area contributed by atoms with Gasteiger partial charge in [0.2, 0.25) is 5.91 Å². The Hall–Kier alpha value is -3.33. The Morgan fingerprint density at radius 2 is 1.57 bits per heavy atom. The van der Waals surface area contributed by atoms with E-state index in [1.807, 2.05) is 44.2 Å². The highest BCUT2D eigenvalue weighted by Gasteiger charge is 2.12. The molecule has 4 aromatic rings. The van der Waals surface area contributed by atoms with Crippen LogP contribution in [0.3, 0.4) is 0 Å². The minimum Gasteiger partial charge on any atom is -0.343 e. The summed E-state index contributed by atoms with van der Waals surface area (Å²) in [6.07, 6.45) is 2.47. The Balaban J connectivity index is 1.59. The van der Waals surface area contributed by atoms with Gasteiger partial charge in [0.1, 0.15) is 0 Å². The molecule has 140 valence electrons. The molecule has 1 aromatic heterocycles. The van der Waals surface area contributed by atoms with Crippen molar-refractivity contribution in [1.29, 1.82) is 0 Å². The molecule has 0 radical (unpaired) electrons. The van der Waals surface area contributed by atoms with Crippen LogP contribution in [-0.4, -0.2) is 10.5 Å². The Kier molecular flexibility index (Phi) is 4.98. The second kappa shape index (κ2) is 7.73. The molecule has 4 rings (SSSR count). The van der Waals surface area contributed by atoms with E-state index in [0.29, 0.717) is 6.42 Å². The SMILES string of the molecule is Cc1cc(C)cc(NC(=O)Cc2cn(Cc3ccccc3)c3ccccc23)c1. The molecule has 0 spiro atoms. The molecule has 1 N–H and O–H groups in total. The lowest BCUT2D eigenvalue weighted by atomic mass is 10.1. The van der Waals surface area contributed by atoms with Gasteiger partial charge in [-0.1, -0.05) is 54.6 Å². The van der Waals surface area contributed by atoms with Crippen molar-refractivity contribution >= 4 is 22.5 Å². The maximum absolute atomic E-state index is 12.7. The third-order valence-corrected chi connectivity index (χ3v) is 4.92. The van der Waals surface area contributed by atoms with Gasteiger partial charge in [0.15, 0.2) is 0 Å². The van der Waals surface area contributed by atoms with Crippen molar-refractivity contribution in [2.45, 2.75) is 26.8 Å². The van der Waals surface area contributed by atoms with Crippen LogP contribution in [0.25, 0.3) is 10.9 Å². The van der Waals surface area contributed by atoms with Crippen LogP contribution < -0.4 is 5.32 Å². The molecule has 0 atom stereocenters. The fraction of sp³-hybridized carbons (Fsp3) is 0.160. The molecule has 0 aliphatic carbocycles. The highest BCUT2D eigenvalue weighted by atomic mass is 16.1. The average molecular weight is 368 g/mol. The zero-order valence-electron chi connectivity index (χ0n) is 16.3. The molecule has 3 heteroatoms. The minimum atomic E-state index is 0.00705. The Morgan fingerprint density at radius 1 is 0.893 bits per heavy atom. The summed E-state index contributed by atoms with van der Waals surface area (Å²) in [7, 11) is 0. The Labute approximate surface area is 165 Å². The third kappa shape index (κ3) is 3.99. The number of carbonyl (C=O) groups excluding carboxylic acids is 1. The molecular weight excluding hydrogens is 344 g/mol. The van der Waals surface area contributed by atoms with Crippen LogP contribution in [0.1, 0.15) is 22.3 Å². The van der Waals surface area contributed by atoms with E-state index in [9.17, 15) is 4.79 Å². The number of hydrogen-bond donors (Lipinski definition) is 1. The summed E-state index contributed by atoms with van der Waals surface area (Å²) in [5, 5.41) is 4.18. The lowest BCUT2D eigenvalue weighted by Crippen LogP contribution is -2.14. The second-order valence-electron chi connectivity index (χ2n) is 7.39. The third-order valence-electron chi connectivity index (χ3n) is 4.92. The van der Waals surface area contributed by atoms with Crippen molar-refractivity contribution in [3.8, 4) is 0 Å². The molecule has 0 unspecified atom stereocenters. The van der Waals surface area contributed by atoms with E-state index < -0.39 is 0 Å². The largest absolute Gasteiger partial charge is 0.343 e. The second-order valence-corrected chi connectivity index (χ2v) is 7.39. The number of nitrogens with one attached hydrogen (secondary N) is 1. The van der Waals surface area contributed by atoms with Crippen molar-refractivity contribution in [3.05, 3.63) is 101 Å². The van der Waals surface area contributed by atoms with Gasteiger partial charge < -0.3 is 9.88 Å². The molecule has 0 fully saturated rings. The summed E-state index contributed by atoms with van der Waals surface area (Å²) in [4.78, 5) is 12.7. The molecule has 0 saturated heterocycles. The number of rotatable bonds is 5. The lowest BCUT2D eigenvalue weighted by Gasteiger charge is -2.07. The number of para-hydroxylation sites is 1. The smallest absolute Gasteiger partial charge is 0.228 e. The van der Waals surface area contributed by atoms with Crippen molar-refractivity contribution in [3.63, 3.8) is 0 Å². The molecular formula is C25H24N2O. The van der Waals surface area contributed by atoms with Crippen LogP contribution >= 0.6 is 0 Å². The van der Waals surface area contributed by atoms with Crippen LogP contribution in [0.2, 0.25) is 0 Å². The van der Waals surface area contributed by atoms with E-state index in [-0.39, 0.29) is 5.91 Å². The number of amides is 1. The fourth-order valence-electron chi connectivity index (χ4n) is 3.80. The molecule has 0 aliphatic heterocycles. The molecule has 0 bridgehead atoms. The van der Waals surface area contributed by atoms with Gasteiger partial charge in [-0.15, -0.1) is 0 Å². The van der Waals surface area contributed by atoms with E-state index in [1.54, 1.807) is 0 Å². The summed E-state index contributed by atoms with van der Waals surface area (Å²) in [5.41, 5.74) is 6.60. The quantitative estimate of drug-likeness (QED) is 0.497. The number of aryl methyl sites for hydroxylation is 2. The molecule has 3 nitrogen and oxygen atoms in total. The van der Waals surface area contributed by atoms with Crippen molar-refractivity contribution in [2.24, 2.45) is 0 Å². The number of carbonyl (C=O) groups is 1. The topological polar surface area (TPSA) is 34.0 Å². The van der Waals surface area contributed by atoms with Crippen LogP contribution in [0.5, 0.6) is 0 Å². The highest BCUT2D eigenvalue weighted by Crippen LogP contribution is 2.23. The first kappa shape index (κ1) is 18.1. The van der Waals surface area contributed by atoms with Gasteiger partial charge in [-0.25, -0.2) is 0 Å². The molecule has 1 heterocycles. The Bertz CT molecular complexity index is 1110. The number of hydrogen-bond acceptors (Lipinski definition) is 1. The predicted molar refractivity (Wildman–Crippen MR) is 116 cm³/mol. The highest BCUT2D eigenvalue weighted by molar-refractivity contribution is 5.96. The fourth-order valence-corrected chi connectivity index (χ4v) is 3.80. The summed E-state index contributed by atoms with van der Waals surface area (Å²) >= 11 is 0. The van der Waals surface area contributed by atoms with Crippen molar-refractivity contribution in [2.75, 3.05) is 5.32 Å². The number of benzene rings is 3. The number of anilines is 1. The normalized spacial score (nSPS) is 10.9. The zero-order chi connectivity index (χ0) is 19.5. The van der Waals surface area contributed by atoms with Gasteiger partial charge in [0.05, 0.1) is 6.42 Å². The van der Waals surface area contributed by atoms with Gasteiger partial charge in [-0.3, -0.25) is 4.79 Å². The summed E-state index contributed by atoms with van der Waals surface area (Å²) in [6, 6.07) is 24.8. The first-order valence-electron chi connectivity index (χ1n) is 9.57. The van der Waals surface area contributed by atoms with Gasteiger partial charge in [0.25, 0.3) is 0 Å². The van der Waals surface area contributed by atoms with Crippen LogP contribution in [0.4, 0.5) is 5.69 Å². The van der Waals surface area contributed by atoms with Gasteiger partial charge in [-0.05, 0) is 54.3 Å². The van der Waals surface area contributed by atoms with E-state index in [2.05, 4.69) is 58.5 Å². The number of fused-ring (bicyclic) bond motifs is 1. The molecule has 0 saturated carbocycles. The van der Waals surface area contributed by atoms with Crippen molar-refractivity contribution in [1.82, 2.24) is 4.57 Å². The first-order chi connectivity index (χ1) is 13.6. The van der Waals surface area contributed by atoms with Gasteiger partial charge in [-0.2, -0.15) is 0 Å². The minimum absolute atomic E-state index is 0.00705. The Morgan fingerprint density at radius 3 is 2.32 bits per heavy atom. The van der Waals surface area contributed by atoms with E-state index in [0.717, 1.165) is 39.8 Å². The average Bonchev–Trinajstić information content (AvgIpc) is 2.99. The van der Waals surface area contributed by atoms with Crippen LogP contribution in [0, 0.1) is 13.8 Å². The molecule has 3 aromatic carbocycles. The van der Waals surface area contributed by atoms with Crippen LogP contribution in [-0.2, 0) is 17.8 Å². The van der Waals surface area contributed by atoms with Crippen molar-refractivity contribution < 1.29 is 4.79 Å². The van der Waals surface area contributed by atoms with E-state index >= 15 is 0 Å². The first-order valence-corrected chi connectivity index (χ1v) is 9.57. The van der Waals surface area contributed by atoms with Gasteiger partial charge >= 0.3 is 0 Å². The monoisotopic (exact) mass is 368 g/mol. The molecule has 1 amide bonds.